The summed E-state index contributed by atoms with van der Waals surface area (Å²) in [5.41, 5.74) is 5.61. The lowest BCUT2D eigenvalue weighted by atomic mass is 9.84. The summed E-state index contributed by atoms with van der Waals surface area (Å²) in [6.07, 6.45) is 6.37. The van der Waals surface area contributed by atoms with E-state index in [2.05, 4.69) is 55.3 Å². The molecule has 3 rings (SSSR count). The monoisotopic (exact) mass is 280 g/mol. The molecule has 0 spiro atoms. The van der Waals surface area contributed by atoms with Crippen molar-refractivity contribution in [3.63, 3.8) is 0 Å². The summed E-state index contributed by atoms with van der Waals surface area (Å²) in [4.78, 5) is 4.15. The number of nitrogens with one attached hydrogen (secondary N) is 1. The highest BCUT2D eigenvalue weighted by atomic mass is 14.9. The molecule has 2 aromatic rings. The lowest BCUT2D eigenvalue weighted by molar-refractivity contribution is 0.588. The first-order valence-corrected chi connectivity index (χ1v) is 7.80. The van der Waals surface area contributed by atoms with Crippen LogP contribution >= 0.6 is 0 Å². The number of hydrogen-bond donors (Lipinski definition) is 1. The zero-order valence-electron chi connectivity index (χ0n) is 13.2. The Morgan fingerprint density at radius 3 is 2.62 bits per heavy atom. The van der Waals surface area contributed by atoms with Crippen LogP contribution in [0.15, 0.2) is 42.7 Å². The van der Waals surface area contributed by atoms with Crippen molar-refractivity contribution in [1.29, 1.82) is 0 Å². The van der Waals surface area contributed by atoms with Crippen molar-refractivity contribution in [2.75, 3.05) is 5.32 Å². The Morgan fingerprint density at radius 2 is 2.00 bits per heavy atom. The van der Waals surface area contributed by atoms with Gasteiger partial charge < -0.3 is 5.32 Å². The van der Waals surface area contributed by atoms with Gasteiger partial charge in [-0.2, -0.15) is 0 Å². The van der Waals surface area contributed by atoms with Gasteiger partial charge in [0.2, 0.25) is 0 Å². The van der Waals surface area contributed by atoms with E-state index in [-0.39, 0.29) is 5.41 Å². The fraction of sp³-hybridized carbons (Fsp3) is 0.421. The summed E-state index contributed by atoms with van der Waals surface area (Å²) in [5, 5.41) is 3.46. The standard InChI is InChI=1S/C19H24N2/c1-19(2,3)17-10-14(9-16(11-17)15-6-7-15)12-21-18-5-4-8-20-13-18/h4-5,8-11,13,15,21H,6-7,12H2,1-3H3. The Kier molecular flexibility index (Phi) is 3.71. The minimum Gasteiger partial charge on any atom is -0.380 e. The molecular weight excluding hydrogens is 256 g/mol. The van der Waals surface area contributed by atoms with Gasteiger partial charge in [-0.3, -0.25) is 4.98 Å². The second-order valence-corrected chi connectivity index (χ2v) is 7.08. The largest absolute Gasteiger partial charge is 0.380 e. The lowest BCUT2D eigenvalue weighted by Gasteiger charge is -2.21. The first-order valence-electron chi connectivity index (χ1n) is 7.80. The fourth-order valence-corrected chi connectivity index (χ4v) is 2.58. The van der Waals surface area contributed by atoms with Crippen LogP contribution in [0.3, 0.4) is 0 Å². The van der Waals surface area contributed by atoms with Crippen LogP contribution in [0.5, 0.6) is 0 Å². The molecule has 110 valence electrons. The highest BCUT2D eigenvalue weighted by Gasteiger charge is 2.25. The molecule has 1 aromatic heterocycles. The van der Waals surface area contributed by atoms with Crippen molar-refractivity contribution in [3.05, 3.63) is 59.4 Å². The van der Waals surface area contributed by atoms with E-state index in [9.17, 15) is 0 Å². The van der Waals surface area contributed by atoms with Gasteiger partial charge in [-0.05, 0) is 53.0 Å². The molecule has 0 unspecified atom stereocenters. The van der Waals surface area contributed by atoms with Gasteiger partial charge in [0.15, 0.2) is 0 Å². The molecule has 0 saturated heterocycles. The van der Waals surface area contributed by atoms with Crippen LogP contribution in [0, 0.1) is 0 Å². The molecular formula is C19H24N2. The average Bonchev–Trinajstić information content (AvgIpc) is 3.30. The van der Waals surface area contributed by atoms with Crippen LogP contribution in [-0.4, -0.2) is 4.98 Å². The molecule has 1 saturated carbocycles. The maximum Gasteiger partial charge on any atom is 0.0529 e. The van der Waals surface area contributed by atoms with Gasteiger partial charge in [-0.15, -0.1) is 0 Å². The van der Waals surface area contributed by atoms with Crippen LogP contribution < -0.4 is 5.32 Å². The highest BCUT2D eigenvalue weighted by molar-refractivity contribution is 5.43. The molecule has 1 fully saturated rings. The molecule has 2 heteroatoms. The third-order valence-electron chi connectivity index (χ3n) is 4.09. The van der Waals surface area contributed by atoms with Crippen LogP contribution in [0.2, 0.25) is 0 Å². The second-order valence-electron chi connectivity index (χ2n) is 7.08. The number of hydrogen-bond acceptors (Lipinski definition) is 2. The number of benzene rings is 1. The van der Waals surface area contributed by atoms with Gasteiger partial charge in [-0.25, -0.2) is 0 Å². The van der Waals surface area contributed by atoms with Gasteiger partial charge in [0.25, 0.3) is 0 Å². The zero-order valence-corrected chi connectivity index (χ0v) is 13.2. The van der Waals surface area contributed by atoms with Crippen LogP contribution in [-0.2, 0) is 12.0 Å². The molecule has 0 radical (unpaired) electrons. The quantitative estimate of drug-likeness (QED) is 0.864. The molecule has 0 bridgehead atoms. The Morgan fingerprint density at radius 1 is 1.19 bits per heavy atom. The Balaban J connectivity index is 1.82. The molecule has 0 amide bonds. The van der Waals surface area contributed by atoms with Gasteiger partial charge in [0, 0.05) is 18.9 Å². The molecule has 21 heavy (non-hydrogen) atoms. The third kappa shape index (κ3) is 3.63. The van der Waals surface area contributed by atoms with Gasteiger partial charge in [-0.1, -0.05) is 39.0 Å². The van der Waals surface area contributed by atoms with Crippen LogP contribution in [0.4, 0.5) is 5.69 Å². The minimum atomic E-state index is 0.202. The van der Waals surface area contributed by atoms with E-state index in [0.29, 0.717) is 0 Å². The third-order valence-corrected chi connectivity index (χ3v) is 4.09. The molecule has 2 nitrogen and oxygen atoms in total. The molecule has 1 heterocycles. The van der Waals surface area contributed by atoms with Crippen molar-refractivity contribution in [2.45, 2.75) is 51.5 Å². The second kappa shape index (κ2) is 5.51. The zero-order chi connectivity index (χ0) is 14.9. The number of aromatic nitrogens is 1. The van der Waals surface area contributed by atoms with E-state index in [1.54, 1.807) is 6.20 Å². The number of pyridine rings is 1. The molecule has 0 atom stereocenters. The maximum atomic E-state index is 4.15. The van der Waals surface area contributed by atoms with Gasteiger partial charge >= 0.3 is 0 Å². The minimum absolute atomic E-state index is 0.202. The van der Waals surface area contributed by atoms with E-state index < -0.39 is 0 Å². The fourth-order valence-electron chi connectivity index (χ4n) is 2.58. The predicted molar refractivity (Wildman–Crippen MR) is 88.7 cm³/mol. The van der Waals surface area contributed by atoms with E-state index in [1.807, 2.05) is 12.3 Å². The Hall–Kier alpha value is -1.83. The molecule has 1 N–H and O–H groups in total. The first-order chi connectivity index (χ1) is 10.0. The summed E-state index contributed by atoms with van der Waals surface area (Å²) in [6.45, 7) is 7.72. The molecule has 1 aliphatic carbocycles. The molecule has 1 aromatic carbocycles. The molecule has 1 aliphatic rings. The van der Waals surface area contributed by atoms with E-state index >= 15 is 0 Å². The summed E-state index contributed by atoms with van der Waals surface area (Å²) in [6, 6.07) is 11.1. The number of anilines is 1. The van der Waals surface area contributed by atoms with Gasteiger partial charge in [0.1, 0.15) is 0 Å². The SMILES string of the molecule is CC(C)(C)c1cc(CNc2cccnc2)cc(C2CC2)c1. The van der Waals surface area contributed by atoms with E-state index in [0.717, 1.165) is 18.2 Å². The summed E-state index contributed by atoms with van der Waals surface area (Å²) in [7, 11) is 0. The Bertz CT molecular complexity index is 607. The highest BCUT2D eigenvalue weighted by Crippen LogP contribution is 2.41. The maximum absolute atomic E-state index is 4.15. The first kappa shape index (κ1) is 14.1. The van der Waals surface area contributed by atoms with Crippen molar-refractivity contribution < 1.29 is 0 Å². The summed E-state index contributed by atoms with van der Waals surface area (Å²) in [5.74, 6) is 0.796. The van der Waals surface area contributed by atoms with Crippen molar-refractivity contribution in [3.8, 4) is 0 Å². The number of rotatable bonds is 4. The molecule has 0 aliphatic heterocycles. The average molecular weight is 280 g/mol. The summed E-state index contributed by atoms with van der Waals surface area (Å²) < 4.78 is 0. The topological polar surface area (TPSA) is 24.9 Å². The van der Waals surface area contributed by atoms with Crippen molar-refractivity contribution in [2.24, 2.45) is 0 Å². The van der Waals surface area contributed by atoms with E-state index in [4.69, 9.17) is 0 Å². The predicted octanol–water partition coefficient (Wildman–Crippen LogP) is 4.87. The van der Waals surface area contributed by atoms with Crippen LogP contribution in [0.1, 0.15) is 56.2 Å². The van der Waals surface area contributed by atoms with E-state index in [1.165, 1.54) is 29.5 Å². The summed E-state index contributed by atoms with van der Waals surface area (Å²) >= 11 is 0. The van der Waals surface area contributed by atoms with Crippen molar-refractivity contribution in [1.82, 2.24) is 4.98 Å². The Labute approximate surface area is 127 Å². The smallest absolute Gasteiger partial charge is 0.0529 e. The van der Waals surface area contributed by atoms with Crippen LogP contribution in [0.25, 0.3) is 0 Å². The number of nitrogens with zero attached hydrogens (tertiary/aromatic N) is 1. The van der Waals surface area contributed by atoms with Crippen molar-refractivity contribution >= 4 is 5.69 Å². The van der Waals surface area contributed by atoms with Gasteiger partial charge in [0.05, 0.1) is 5.69 Å². The normalized spacial score (nSPS) is 15.0. The lowest BCUT2D eigenvalue weighted by Crippen LogP contribution is -2.13.